The fourth-order valence-electron chi connectivity index (χ4n) is 2.22. The van der Waals surface area contributed by atoms with Gasteiger partial charge in [-0.3, -0.25) is 4.90 Å². The Morgan fingerprint density at radius 3 is 3.00 bits per heavy atom. The standard InChI is InChI=1S/C12H19N3O2/c1-15-5-6-17-10(7-13)12(15)9-3-4-11(16-2)14-8-9/h3-4,8,10,12H,5-7,13H2,1-2H3. The quantitative estimate of drug-likeness (QED) is 0.825. The van der Waals surface area contributed by atoms with Crippen molar-refractivity contribution in [1.29, 1.82) is 0 Å². The predicted molar refractivity (Wildman–Crippen MR) is 65.0 cm³/mol. The van der Waals surface area contributed by atoms with Crippen LogP contribution < -0.4 is 10.5 Å². The Morgan fingerprint density at radius 2 is 2.41 bits per heavy atom. The minimum Gasteiger partial charge on any atom is -0.481 e. The topological polar surface area (TPSA) is 60.6 Å². The Labute approximate surface area is 102 Å². The summed E-state index contributed by atoms with van der Waals surface area (Å²) < 4.78 is 10.8. The number of nitrogens with zero attached hydrogens (tertiary/aromatic N) is 2. The molecule has 0 spiro atoms. The number of rotatable bonds is 3. The van der Waals surface area contributed by atoms with E-state index in [-0.39, 0.29) is 12.1 Å². The van der Waals surface area contributed by atoms with E-state index in [1.807, 2.05) is 18.3 Å². The highest BCUT2D eigenvalue weighted by molar-refractivity contribution is 5.22. The second kappa shape index (κ2) is 5.44. The Morgan fingerprint density at radius 1 is 1.59 bits per heavy atom. The predicted octanol–water partition coefficient (Wildman–Crippen LogP) is 0.421. The summed E-state index contributed by atoms with van der Waals surface area (Å²) in [7, 11) is 3.70. The number of likely N-dealkylation sites (N-methyl/N-ethyl adjacent to an activating group) is 1. The number of nitrogens with two attached hydrogens (primary N) is 1. The number of ether oxygens (including phenoxy) is 2. The van der Waals surface area contributed by atoms with Crippen molar-refractivity contribution >= 4 is 0 Å². The number of pyridine rings is 1. The van der Waals surface area contributed by atoms with E-state index in [4.69, 9.17) is 15.2 Å². The van der Waals surface area contributed by atoms with Crippen molar-refractivity contribution < 1.29 is 9.47 Å². The van der Waals surface area contributed by atoms with Crippen LogP contribution in [0.4, 0.5) is 0 Å². The number of morpholine rings is 1. The van der Waals surface area contributed by atoms with Gasteiger partial charge in [0.25, 0.3) is 0 Å². The molecule has 2 heterocycles. The van der Waals surface area contributed by atoms with E-state index in [1.54, 1.807) is 7.11 Å². The number of aromatic nitrogens is 1. The summed E-state index contributed by atoms with van der Waals surface area (Å²) in [6, 6.07) is 4.06. The fourth-order valence-corrected chi connectivity index (χ4v) is 2.22. The highest BCUT2D eigenvalue weighted by atomic mass is 16.5. The molecule has 1 aliphatic rings. The number of methoxy groups -OCH3 is 1. The van der Waals surface area contributed by atoms with E-state index < -0.39 is 0 Å². The molecule has 0 aliphatic carbocycles. The van der Waals surface area contributed by atoms with Crippen LogP contribution in [0.5, 0.6) is 5.88 Å². The van der Waals surface area contributed by atoms with Crippen LogP contribution in [0.3, 0.4) is 0 Å². The van der Waals surface area contributed by atoms with Crippen LogP contribution in [0.2, 0.25) is 0 Å². The maximum atomic E-state index is 5.75. The summed E-state index contributed by atoms with van der Waals surface area (Å²) in [6.07, 6.45) is 1.86. The average molecular weight is 237 g/mol. The molecule has 2 N–H and O–H groups in total. The summed E-state index contributed by atoms with van der Waals surface area (Å²) in [4.78, 5) is 6.48. The van der Waals surface area contributed by atoms with Crippen LogP contribution in [-0.2, 0) is 4.74 Å². The molecule has 0 bridgehead atoms. The summed E-state index contributed by atoms with van der Waals surface area (Å²) in [5.41, 5.74) is 6.87. The molecule has 1 aliphatic heterocycles. The molecule has 1 aromatic rings. The van der Waals surface area contributed by atoms with E-state index in [0.29, 0.717) is 12.4 Å². The lowest BCUT2D eigenvalue weighted by molar-refractivity contribution is -0.0577. The Bertz CT molecular complexity index is 355. The monoisotopic (exact) mass is 237 g/mol. The number of hydrogen-bond donors (Lipinski definition) is 1. The minimum absolute atomic E-state index is 0.0314. The first-order valence-electron chi connectivity index (χ1n) is 5.78. The molecule has 2 atom stereocenters. The second-order valence-corrected chi connectivity index (χ2v) is 4.20. The molecule has 1 fully saturated rings. The van der Waals surface area contributed by atoms with Gasteiger partial charge < -0.3 is 15.2 Å². The molecule has 0 aromatic carbocycles. The van der Waals surface area contributed by atoms with Gasteiger partial charge in [0.15, 0.2) is 0 Å². The van der Waals surface area contributed by atoms with Crippen molar-refractivity contribution in [3.63, 3.8) is 0 Å². The third-order valence-electron chi connectivity index (χ3n) is 3.15. The van der Waals surface area contributed by atoms with Crippen LogP contribution in [0.1, 0.15) is 11.6 Å². The molecule has 5 nitrogen and oxygen atoms in total. The first kappa shape index (κ1) is 12.3. The first-order valence-corrected chi connectivity index (χ1v) is 5.78. The fraction of sp³-hybridized carbons (Fsp3) is 0.583. The second-order valence-electron chi connectivity index (χ2n) is 4.20. The van der Waals surface area contributed by atoms with Crippen molar-refractivity contribution in [3.05, 3.63) is 23.9 Å². The zero-order chi connectivity index (χ0) is 12.3. The first-order chi connectivity index (χ1) is 8.26. The Balaban J connectivity index is 2.21. The van der Waals surface area contributed by atoms with E-state index >= 15 is 0 Å². The molecule has 5 heteroatoms. The Hall–Kier alpha value is -1.17. The summed E-state index contributed by atoms with van der Waals surface area (Å²) >= 11 is 0. The normalized spacial score (nSPS) is 25.8. The van der Waals surface area contributed by atoms with Gasteiger partial charge in [0, 0.05) is 25.4 Å². The van der Waals surface area contributed by atoms with Gasteiger partial charge in [-0.25, -0.2) is 4.98 Å². The maximum Gasteiger partial charge on any atom is 0.212 e. The van der Waals surface area contributed by atoms with Crippen LogP contribution in [0, 0.1) is 0 Å². The lowest BCUT2D eigenvalue weighted by Crippen LogP contribution is -2.46. The molecule has 2 unspecified atom stereocenters. The van der Waals surface area contributed by atoms with E-state index in [1.165, 1.54) is 0 Å². The molecule has 0 saturated carbocycles. The molecular weight excluding hydrogens is 218 g/mol. The van der Waals surface area contributed by atoms with Gasteiger partial charge in [0.1, 0.15) is 0 Å². The summed E-state index contributed by atoms with van der Waals surface area (Å²) in [6.45, 7) is 2.16. The minimum atomic E-state index is 0.0314. The van der Waals surface area contributed by atoms with Crippen molar-refractivity contribution in [2.24, 2.45) is 5.73 Å². The van der Waals surface area contributed by atoms with Gasteiger partial charge in [-0.15, -0.1) is 0 Å². The zero-order valence-corrected chi connectivity index (χ0v) is 10.3. The van der Waals surface area contributed by atoms with Crippen LogP contribution in [0.15, 0.2) is 18.3 Å². The van der Waals surface area contributed by atoms with Gasteiger partial charge in [-0.1, -0.05) is 6.07 Å². The largest absolute Gasteiger partial charge is 0.481 e. The maximum absolute atomic E-state index is 5.75. The molecule has 0 amide bonds. The van der Waals surface area contributed by atoms with Gasteiger partial charge >= 0.3 is 0 Å². The van der Waals surface area contributed by atoms with Crippen LogP contribution in [0.25, 0.3) is 0 Å². The van der Waals surface area contributed by atoms with E-state index in [0.717, 1.165) is 18.7 Å². The lowest BCUT2D eigenvalue weighted by atomic mass is 10.0. The smallest absolute Gasteiger partial charge is 0.212 e. The van der Waals surface area contributed by atoms with Crippen LogP contribution >= 0.6 is 0 Å². The third-order valence-corrected chi connectivity index (χ3v) is 3.15. The molecule has 2 rings (SSSR count). The third kappa shape index (κ3) is 2.57. The number of hydrogen-bond acceptors (Lipinski definition) is 5. The molecule has 94 valence electrons. The van der Waals surface area contributed by atoms with E-state index in [2.05, 4.69) is 16.9 Å². The van der Waals surface area contributed by atoms with Crippen molar-refractivity contribution in [2.45, 2.75) is 12.1 Å². The highest BCUT2D eigenvalue weighted by Crippen LogP contribution is 2.27. The van der Waals surface area contributed by atoms with Gasteiger partial charge in [0.2, 0.25) is 5.88 Å². The van der Waals surface area contributed by atoms with Crippen molar-refractivity contribution in [1.82, 2.24) is 9.88 Å². The zero-order valence-electron chi connectivity index (χ0n) is 10.3. The summed E-state index contributed by atoms with van der Waals surface area (Å²) in [5, 5.41) is 0. The average Bonchev–Trinajstić information content (AvgIpc) is 2.38. The lowest BCUT2D eigenvalue weighted by Gasteiger charge is -2.38. The van der Waals surface area contributed by atoms with Crippen molar-refractivity contribution in [3.8, 4) is 5.88 Å². The SMILES string of the molecule is COc1ccc(C2C(CN)OCCN2C)cn1. The van der Waals surface area contributed by atoms with Gasteiger partial charge in [-0.2, -0.15) is 0 Å². The van der Waals surface area contributed by atoms with Gasteiger partial charge in [0.05, 0.1) is 25.9 Å². The molecule has 1 saturated heterocycles. The van der Waals surface area contributed by atoms with Crippen molar-refractivity contribution in [2.75, 3.05) is 33.9 Å². The van der Waals surface area contributed by atoms with Gasteiger partial charge in [-0.05, 0) is 12.6 Å². The molecule has 1 aromatic heterocycles. The Kier molecular flexibility index (Phi) is 3.93. The summed E-state index contributed by atoms with van der Waals surface area (Å²) in [5.74, 6) is 0.623. The van der Waals surface area contributed by atoms with Crippen LogP contribution in [-0.4, -0.2) is 49.8 Å². The molecule has 0 radical (unpaired) electrons. The highest BCUT2D eigenvalue weighted by Gasteiger charge is 2.30. The molecule has 17 heavy (non-hydrogen) atoms. The molecular formula is C12H19N3O2. The van der Waals surface area contributed by atoms with E-state index in [9.17, 15) is 0 Å².